The molecule has 0 atom stereocenters. The van der Waals surface area contributed by atoms with E-state index in [2.05, 4.69) is 20.7 Å². The van der Waals surface area contributed by atoms with E-state index < -0.39 is 5.91 Å². The summed E-state index contributed by atoms with van der Waals surface area (Å²) in [6.07, 6.45) is 0. The largest absolute Gasteiger partial charge is 0.291 e. The van der Waals surface area contributed by atoms with Crippen molar-refractivity contribution >= 4 is 23.0 Å². The average Bonchev–Trinajstić information content (AvgIpc) is 3.23. The van der Waals surface area contributed by atoms with Gasteiger partial charge in [-0.05, 0) is 42.1 Å². The fourth-order valence-corrected chi connectivity index (χ4v) is 2.64. The number of halogens is 1. The topological polar surface area (TPSA) is 70.1 Å². The summed E-state index contributed by atoms with van der Waals surface area (Å²) < 4.78 is 12.9. The van der Waals surface area contributed by atoms with Crippen molar-refractivity contribution in [3.63, 3.8) is 0 Å². The summed E-state index contributed by atoms with van der Waals surface area (Å²) in [4.78, 5) is 13.1. The summed E-state index contributed by atoms with van der Waals surface area (Å²) in [7, 11) is 0. The summed E-state index contributed by atoms with van der Waals surface area (Å²) in [6, 6.07) is 11.4. The van der Waals surface area contributed by atoms with Gasteiger partial charge in [0.1, 0.15) is 5.82 Å². The molecule has 2 aromatic heterocycles. The van der Waals surface area contributed by atoms with Gasteiger partial charge in [-0.15, -0.1) is 11.3 Å². The maximum Gasteiger partial charge on any atom is 0.291 e. The maximum atomic E-state index is 12.9. The van der Waals surface area contributed by atoms with Gasteiger partial charge in [0.05, 0.1) is 16.3 Å². The van der Waals surface area contributed by atoms with Gasteiger partial charge in [0.2, 0.25) is 0 Å². The number of H-pyrrole nitrogens is 1. The van der Waals surface area contributed by atoms with Crippen LogP contribution in [0.4, 0.5) is 4.39 Å². The number of hydrogen-bond acceptors (Lipinski definition) is 4. The first kappa shape index (κ1) is 15.1. The highest BCUT2D eigenvalue weighted by Crippen LogP contribution is 2.22. The summed E-state index contributed by atoms with van der Waals surface area (Å²) in [5.74, 6) is -0.728. The second-order valence-corrected chi connectivity index (χ2v) is 5.74. The molecule has 0 saturated heterocycles. The number of carbonyl (C=O) groups excluding carboxylic acids is 1. The molecule has 7 heteroatoms. The van der Waals surface area contributed by atoms with Gasteiger partial charge in [0, 0.05) is 0 Å². The first-order valence-electron chi connectivity index (χ1n) is 6.83. The van der Waals surface area contributed by atoms with Crippen molar-refractivity contribution in [3.05, 3.63) is 64.9 Å². The minimum absolute atomic E-state index is 0.254. The van der Waals surface area contributed by atoms with Gasteiger partial charge in [-0.3, -0.25) is 9.89 Å². The van der Waals surface area contributed by atoms with E-state index in [0.717, 1.165) is 16.1 Å². The number of nitrogens with one attached hydrogen (secondary N) is 2. The number of carbonyl (C=O) groups is 1. The lowest BCUT2D eigenvalue weighted by Crippen LogP contribution is -2.19. The molecule has 2 N–H and O–H groups in total. The molecule has 0 unspecified atom stereocenters. The molecular formula is C16H13FN4OS. The monoisotopic (exact) mass is 328 g/mol. The van der Waals surface area contributed by atoms with Crippen LogP contribution >= 0.6 is 11.3 Å². The predicted molar refractivity (Wildman–Crippen MR) is 88.0 cm³/mol. The number of hydrogen-bond donors (Lipinski definition) is 2. The minimum Gasteiger partial charge on any atom is -0.276 e. The third-order valence-electron chi connectivity index (χ3n) is 3.18. The number of amides is 1. The van der Waals surface area contributed by atoms with Crippen molar-refractivity contribution in [2.24, 2.45) is 5.10 Å². The number of thiophene rings is 1. The molecule has 0 aliphatic heterocycles. The Morgan fingerprint density at radius 3 is 2.78 bits per heavy atom. The van der Waals surface area contributed by atoms with Crippen molar-refractivity contribution in [3.8, 4) is 10.6 Å². The van der Waals surface area contributed by atoms with E-state index in [4.69, 9.17) is 0 Å². The zero-order valence-corrected chi connectivity index (χ0v) is 13.0. The SMILES string of the molecule is C/C(=N/NC(=O)c1cc(-c2cccs2)[nH]n1)c1ccc(F)cc1. The van der Waals surface area contributed by atoms with Crippen LogP contribution in [0.15, 0.2) is 52.9 Å². The average molecular weight is 328 g/mol. The quantitative estimate of drug-likeness (QED) is 0.569. The van der Waals surface area contributed by atoms with Gasteiger partial charge in [-0.25, -0.2) is 9.82 Å². The van der Waals surface area contributed by atoms with Gasteiger partial charge in [-0.1, -0.05) is 18.2 Å². The van der Waals surface area contributed by atoms with Crippen LogP contribution in [-0.4, -0.2) is 21.8 Å². The smallest absolute Gasteiger partial charge is 0.276 e. The lowest BCUT2D eigenvalue weighted by atomic mass is 10.1. The second kappa shape index (κ2) is 6.53. The highest BCUT2D eigenvalue weighted by atomic mass is 32.1. The van der Waals surface area contributed by atoms with Crippen LogP contribution in [-0.2, 0) is 0 Å². The summed E-state index contributed by atoms with van der Waals surface area (Å²) in [5, 5.41) is 12.8. The maximum absolute atomic E-state index is 12.9. The standard InChI is InChI=1S/C16H13FN4OS/c1-10(11-4-6-12(17)7-5-11)18-21-16(22)14-9-13(19-20-14)15-3-2-8-23-15/h2-9H,1H3,(H,19,20)(H,21,22)/b18-10-. The number of hydrazone groups is 1. The predicted octanol–water partition coefficient (Wildman–Crippen LogP) is 3.43. The Hall–Kier alpha value is -2.80. The van der Waals surface area contributed by atoms with E-state index >= 15 is 0 Å². The molecule has 0 aliphatic carbocycles. The summed E-state index contributed by atoms with van der Waals surface area (Å²) in [5.41, 5.74) is 4.79. The zero-order chi connectivity index (χ0) is 16.2. The van der Waals surface area contributed by atoms with Crippen LogP contribution in [0.3, 0.4) is 0 Å². The molecule has 0 radical (unpaired) electrons. The Morgan fingerprint density at radius 2 is 2.09 bits per heavy atom. The fourth-order valence-electron chi connectivity index (χ4n) is 1.94. The highest BCUT2D eigenvalue weighted by molar-refractivity contribution is 7.13. The molecule has 116 valence electrons. The van der Waals surface area contributed by atoms with E-state index in [0.29, 0.717) is 5.71 Å². The van der Waals surface area contributed by atoms with Crippen LogP contribution in [0, 0.1) is 5.82 Å². The third-order valence-corrected chi connectivity index (χ3v) is 4.09. The van der Waals surface area contributed by atoms with Crippen LogP contribution in [0.25, 0.3) is 10.6 Å². The number of benzene rings is 1. The van der Waals surface area contributed by atoms with Crippen molar-refractivity contribution in [2.45, 2.75) is 6.92 Å². The molecule has 5 nitrogen and oxygen atoms in total. The minimum atomic E-state index is -0.412. The Morgan fingerprint density at radius 1 is 1.30 bits per heavy atom. The molecule has 3 rings (SSSR count). The number of nitrogens with zero attached hydrogens (tertiary/aromatic N) is 2. The second-order valence-electron chi connectivity index (χ2n) is 4.79. The lowest BCUT2D eigenvalue weighted by molar-refractivity contribution is 0.0950. The fraction of sp³-hybridized carbons (Fsp3) is 0.0625. The van der Waals surface area contributed by atoms with Crippen LogP contribution in [0.1, 0.15) is 23.0 Å². The van der Waals surface area contributed by atoms with Crippen LogP contribution < -0.4 is 5.43 Å². The summed E-state index contributed by atoms with van der Waals surface area (Å²) >= 11 is 1.56. The molecule has 0 spiro atoms. The lowest BCUT2D eigenvalue weighted by Gasteiger charge is -2.01. The zero-order valence-electron chi connectivity index (χ0n) is 12.2. The van der Waals surface area contributed by atoms with E-state index in [9.17, 15) is 9.18 Å². The van der Waals surface area contributed by atoms with Gasteiger partial charge in [0.25, 0.3) is 5.91 Å². The Bertz CT molecular complexity index is 837. The van der Waals surface area contributed by atoms with Crippen molar-refractivity contribution in [2.75, 3.05) is 0 Å². The Labute approximate surface area is 135 Å². The van der Waals surface area contributed by atoms with E-state index in [-0.39, 0.29) is 11.5 Å². The highest BCUT2D eigenvalue weighted by Gasteiger charge is 2.11. The molecule has 0 aliphatic rings. The van der Waals surface area contributed by atoms with Gasteiger partial charge in [-0.2, -0.15) is 10.2 Å². The molecular weight excluding hydrogens is 315 g/mol. The van der Waals surface area contributed by atoms with Crippen LogP contribution in [0.5, 0.6) is 0 Å². The van der Waals surface area contributed by atoms with Crippen molar-refractivity contribution < 1.29 is 9.18 Å². The van der Waals surface area contributed by atoms with Crippen molar-refractivity contribution in [1.82, 2.24) is 15.6 Å². The molecule has 3 aromatic rings. The van der Waals surface area contributed by atoms with E-state index in [1.165, 1.54) is 12.1 Å². The number of aromatic amines is 1. The number of rotatable bonds is 4. The van der Waals surface area contributed by atoms with E-state index in [1.54, 1.807) is 36.5 Å². The number of aromatic nitrogens is 2. The van der Waals surface area contributed by atoms with Gasteiger partial charge in [0.15, 0.2) is 5.69 Å². The molecule has 0 bridgehead atoms. The first-order valence-corrected chi connectivity index (χ1v) is 7.71. The van der Waals surface area contributed by atoms with Crippen molar-refractivity contribution in [1.29, 1.82) is 0 Å². The molecule has 23 heavy (non-hydrogen) atoms. The first-order chi connectivity index (χ1) is 11.1. The molecule has 1 aromatic carbocycles. The molecule has 1 amide bonds. The molecule has 0 saturated carbocycles. The van der Waals surface area contributed by atoms with Gasteiger partial charge >= 0.3 is 0 Å². The van der Waals surface area contributed by atoms with Gasteiger partial charge < -0.3 is 0 Å². The summed E-state index contributed by atoms with van der Waals surface area (Å²) in [6.45, 7) is 1.73. The molecule has 2 heterocycles. The molecule has 0 fully saturated rings. The van der Waals surface area contributed by atoms with Crippen LogP contribution in [0.2, 0.25) is 0 Å². The third kappa shape index (κ3) is 3.51. The normalized spacial score (nSPS) is 11.5. The Balaban J connectivity index is 1.69. The Kier molecular flexibility index (Phi) is 4.29. The van der Waals surface area contributed by atoms with E-state index in [1.807, 2.05) is 17.5 Å².